The summed E-state index contributed by atoms with van der Waals surface area (Å²) in [5.41, 5.74) is 0.924. The van der Waals surface area contributed by atoms with Gasteiger partial charge in [-0.2, -0.15) is 0 Å². The molecule has 0 bridgehead atoms. The van der Waals surface area contributed by atoms with Gasteiger partial charge in [0, 0.05) is 26.8 Å². The molecule has 1 aromatic rings. The predicted octanol–water partition coefficient (Wildman–Crippen LogP) is 0.992. The van der Waals surface area contributed by atoms with E-state index in [-0.39, 0.29) is 6.67 Å². The van der Waals surface area contributed by atoms with Crippen molar-refractivity contribution in [3.8, 4) is 0 Å². The number of halogens is 1. The zero-order valence-corrected chi connectivity index (χ0v) is 9.20. The van der Waals surface area contributed by atoms with Crippen molar-refractivity contribution in [1.29, 1.82) is 0 Å². The normalized spacial score (nSPS) is 10.3. The fourth-order valence-corrected chi connectivity index (χ4v) is 1.11. The summed E-state index contributed by atoms with van der Waals surface area (Å²) in [6, 6.07) is 1.86. The molecule has 15 heavy (non-hydrogen) atoms. The van der Waals surface area contributed by atoms with Gasteiger partial charge in [-0.1, -0.05) is 0 Å². The number of hydrogen-bond acceptors (Lipinski definition) is 4. The zero-order chi connectivity index (χ0) is 11.1. The number of hydrogen-bond donors (Lipinski definition) is 1. The molecule has 4 nitrogen and oxygen atoms in total. The van der Waals surface area contributed by atoms with Crippen LogP contribution in [0.3, 0.4) is 0 Å². The molecule has 0 spiro atoms. The second-order valence-corrected chi connectivity index (χ2v) is 3.46. The fourth-order valence-electron chi connectivity index (χ4n) is 1.11. The largest absolute Gasteiger partial charge is 0.347 e. The first kappa shape index (κ1) is 11.8. The van der Waals surface area contributed by atoms with Crippen LogP contribution in [-0.2, 0) is 6.54 Å². The van der Waals surface area contributed by atoms with Gasteiger partial charge in [0.25, 0.3) is 0 Å². The van der Waals surface area contributed by atoms with Gasteiger partial charge in [-0.3, -0.25) is 4.39 Å². The topological polar surface area (TPSA) is 41.1 Å². The van der Waals surface area contributed by atoms with Gasteiger partial charge in [-0.15, -0.1) is 0 Å². The van der Waals surface area contributed by atoms with Crippen molar-refractivity contribution in [1.82, 2.24) is 15.3 Å². The van der Waals surface area contributed by atoms with Crippen molar-refractivity contribution in [3.05, 3.63) is 18.0 Å². The highest BCUT2D eigenvalue weighted by Gasteiger charge is 2.00. The van der Waals surface area contributed by atoms with Gasteiger partial charge in [-0.05, 0) is 19.0 Å². The molecular formula is C10H17FN4. The van der Waals surface area contributed by atoms with Gasteiger partial charge >= 0.3 is 0 Å². The van der Waals surface area contributed by atoms with Crippen LogP contribution < -0.4 is 10.2 Å². The number of nitrogens with one attached hydrogen (secondary N) is 1. The van der Waals surface area contributed by atoms with E-state index in [0.717, 1.165) is 5.69 Å². The predicted molar refractivity (Wildman–Crippen MR) is 58.7 cm³/mol. The minimum absolute atomic E-state index is 0.278. The minimum Gasteiger partial charge on any atom is -0.347 e. The standard InChI is InChI=1S/C10H17FN4/c1-15(2)10-13-7-4-9(14-10)8-12-6-3-5-11/h4,7,12H,3,5-6,8H2,1-2H3. The molecule has 0 saturated heterocycles. The third-order valence-electron chi connectivity index (χ3n) is 1.89. The maximum absolute atomic E-state index is 11.8. The molecule has 1 N–H and O–H groups in total. The zero-order valence-electron chi connectivity index (χ0n) is 9.20. The van der Waals surface area contributed by atoms with Crippen LogP contribution in [0.5, 0.6) is 0 Å². The van der Waals surface area contributed by atoms with Crippen LogP contribution >= 0.6 is 0 Å². The van der Waals surface area contributed by atoms with Crippen LogP contribution in [0.4, 0.5) is 10.3 Å². The maximum atomic E-state index is 11.8. The Bertz CT molecular complexity index is 291. The van der Waals surface area contributed by atoms with Crippen LogP contribution in [0.15, 0.2) is 12.3 Å². The van der Waals surface area contributed by atoms with E-state index in [1.807, 2.05) is 25.1 Å². The minimum atomic E-state index is -0.278. The van der Waals surface area contributed by atoms with E-state index in [2.05, 4.69) is 15.3 Å². The molecule has 0 aliphatic rings. The monoisotopic (exact) mass is 212 g/mol. The van der Waals surface area contributed by atoms with Crippen molar-refractivity contribution in [2.45, 2.75) is 13.0 Å². The summed E-state index contributed by atoms with van der Waals surface area (Å²) in [4.78, 5) is 10.3. The van der Waals surface area contributed by atoms with Crippen LogP contribution in [0.2, 0.25) is 0 Å². The highest BCUT2D eigenvalue weighted by atomic mass is 19.1. The van der Waals surface area contributed by atoms with E-state index in [9.17, 15) is 4.39 Å². The van der Waals surface area contributed by atoms with Crippen LogP contribution in [0.1, 0.15) is 12.1 Å². The molecule has 0 fully saturated rings. The molecule has 0 atom stereocenters. The summed E-state index contributed by atoms with van der Waals surface area (Å²) in [6.07, 6.45) is 2.28. The Labute approximate surface area is 89.5 Å². The number of alkyl halides is 1. The molecule has 0 saturated carbocycles. The average Bonchev–Trinajstić information content (AvgIpc) is 2.25. The third-order valence-corrected chi connectivity index (χ3v) is 1.89. The average molecular weight is 212 g/mol. The summed E-state index contributed by atoms with van der Waals surface area (Å²) in [5, 5.41) is 3.12. The van der Waals surface area contributed by atoms with E-state index in [1.54, 1.807) is 6.20 Å². The molecule has 1 heterocycles. The van der Waals surface area contributed by atoms with E-state index in [1.165, 1.54) is 0 Å². The Kier molecular flexibility index (Phi) is 4.97. The molecule has 0 aliphatic carbocycles. The lowest BCUT2D eigenvalue weighted by molar-refractivity contribution is 0.458. The highest BCUT2D eigenvalue weighted by Crippen LogP contribution is 2.02. The summed E-state index contributed by atoms with van der Waals surface area (Å²) in [5.74, 6) is 0.694. The van der Waals surface area contributed by atoms with E-state index < -0.39 is 0 Å². The van der Waals surface area contributed by atoms with Gasteiger partial charge in [0.15, 0.2) is 0 Å². The van der Waals surface area contributed by atoms with Crippen molar-refractivity contribution >= 4 is 5.95 Å². The lowest BCUT2D eigenvalue weighted by atomic mass is 10.4. The van der Waals surface area contributed by atoms with E-state index >= 15 is 0 Å². The van der Waals surface area contributed by atoms with Crippen molar-refractivity contribution in [3.63, 3.8) is 0 Å². The molecule has 0 aromatic carbocycles. The summed E-state index contributed by atoms with van der Waals surface area (Å²) >= 11 is 0. The van der Waals surface area contributed by atoms with E-state index in [0.29, 0.717) is 25.5 Å². The van der Waals surface area contributed by atoms with Gasteiger partial charge in [0.2, 0.25) is 5.95 Å². The molecule has 5 heteroatoms. The molecule has 1 rings (SSSR count). The van der Waals surface area contributed by atoms with Gasteiger partial charge in [-0.25, -0.2) is 9.97 Å². The number of aromatic nitrogens is 2. The lowest BCUT2D eigenvalue weighted by Crippen LogP contribution is -2.18. The van der Waals surface area contributed by atoms with Crippen LogP contribution in [-0.4, -0.2) is 37.3 Å². The Hall–Kier alpha value is -1.23. The van der Waals surface area contributed by atoms with Crippen LogP contribution in [0, 0.1) is 0 Å². The molecule has 0 radical (unpaired) electrons. The van der Waals surface area contributed by atoms with Crippen LogP contribution in [0.25, 0.3) is 0 Å². The first-order valence-corrected chi connectivity index (χ1v) is 5.00. The molecule has 0 aliphatic heterocycles. The van der Waals surface area contributed by atoms with Crippen molar-refractivity contribution < 1.29 is 4.39 Å². The Morgan fingerprint density at radius 2 is 2.27 bits per heavy atom. The Balaban J connectivity index is 2.43. The van der Waals surface area contributed by atoms with Crippen molar-refractivity contribution in [2.24, 2.45) is 0 Å². The van der Waals surface area contributed by atoms with E-state index in [4.69, 9.17) is 0 Å². The first-order valence-electron chi connectivity index (χ1n) is 5.00. The van der Waals surface area contributed by atoms with Crippen molar-refractivity contribution in [2.75, 3.05) is 32.2 Å². The van der Waals surface area contributed by atoms with Gasteiger partial charge in [0.05, 0.1) is 12.4 Å². The van der Waals surface area contributed by atoms with Gasteiger partial charge in [0.1, 0.15) is 0 Å². The highest BCUT2D eigenvalue weighted by molar-refractivity contribution is 5.26. The Morgan fingerprint density at radius 3 is 2.93 bits per heavy atom. The number of rotatable bonds is 6. The first-order chi connectivity index (χ1) is 7.24. The number of nitrogens with zero attached hydrogens (tertiary/aromatic N) is 3. The molecule has 84 valence electrons. The maximum Gasteiger partial charge on any atom is 0.225 e. The van der Waals surface area contributed by atoms with Gasteiger partial charge < -0.3 is 10.2 Å². The smallest absolute Gasteiger partial charge is 0.225 e. The molecule has 0 amide bonds. The Morgan fingerprint density at radius 1 is 1.47 bits per heavy atom. The number of anilines is 1. The molecule has 0 unspecified atom stereocenters. The second-order valence-electron chi connectivity index (χ2n) is 3.46. The SMILES string of the molecule is CN(C)c1nccc(CNCCCF)n1. The lowest BCUT2D eigenvalue weighted by Gasteiger charge is -2.10. The second kappa shape index (κ2) is 6.29. The summed E-state index contributed by atoms with van der Waals surface area (Å²) < 4.78 is 11.8. The third kappa shape index (κ3) is 4.20. The molecule has 1 aromatic heterocycles. The summed E-state index contributed by atoms with van der Waals surface area (Å²) in [6.45, 7) is 1.06. The summed E-state index contributed by atoms with van der Waals surface area (Å²) in [7, 11) is 3.80. The fraction of sp³-hybridized carbons (Fsp3) is 0.600. The quantitative estimate of drug-likeness (QED) is 0.714. The molecular weight excluding hydrogens is 195 g/mol.